The minimum absolute atomic E-state index is 0.112. The van der Waals surface area contributed by atoms with Crippen LogP contribution in [0.15, 0.2) is 11.1 Å². The molecule has 3 fully saturated rings. The largest absolute Gasteiger partial charge is 0.457 e. The Hall–Kier alpha value is -1.20. The summed E-state index contributed by atoms with van der Waals surface area (Å²) in [5.41, 5.74) is -0.478. The zero-order valence-corrected chi connectivity index (χ0v) is 16.1. The van der Waals surface area contributed by atoms with E-state index in [4.69, 9.17) is 9.47 Å². The fourth-order valence-electron chi connectivity index (χ4n) is 4.77. The van der Waals surface area contributed by atoms with E-state index in [1.165, 1.54) is 0 Å². The van der Waals surface area contributed by atoms with Crippen molar-refractivity contribution in [2.24, 2.45) is 11.3 Å². The van der Waals surface area contributed by atoms with Gasteiger partial charge in [0.1, 0.15) is 11.7 Å². The van der Waals surface area contributed by atoms with Gasteiger partial charge >= 0.3 is 5.97 Å². The average Bonchev–Trinajstić information content (AvgIpc) is 3.10. The minimum atomic E-state index is -1.17. The Morgan fingerprint density at radius 3 is 2.40 bits per heavy atom. The molecule has 0 aromatic rings. The van der Waals surface area contributed by atoms with Gasteiger partial charge in [-0.1, -0.05) is 12.5 Å². The molecule has 3 rings (SSSR count). The Kier molecular flexibility index (Phi) is 4.20. The summed E-state index contributed by atoms with van der Waals surface area (Å²) in [6.45, 7) is 11.3. The van der Waals surface area contributed by atoms with Crippen LogP contribution in [0.2, 0.25) is 0 Å². The molecule has 0 radical (unpaired) electrons. The molecule has 2 aliphatic carbocycles. The maximum absolute atomic E-state index is 12.5. The maximum atomic E-state index is 12.5. The molecule has 1 aliphatic heterocycles. The van der Waals surface area contributed by atoms with Crippen LogP contribution in [0, 0.1) is 11.3 Å². The molecule has 0 aromatic heterocycles. The lowest BCUT2D eigenvalue weighted by atomic mass is 9.53. The van der Waals surface area contributed by atoms with Crippen molar-refractivity contribution in [3.05, 3.63) is 11.1 Å². The quantitative estimate of drug-likeness (QED) is 0.471. The first kappa shape index (κ1) is 18.6. The van der Waals surface area contributed by atoms with Gasteiger partial charge in [-0.15, -0.1) is 0 Å². The number of allylic oxidation sites excluding steroid dienone is 2. The van der Waals surface area contributed by atoms with Crippen molar-refractivity contribution in [2.45, 2.75) is 90.6 Å². The van der Waals surface area contributed by atoms with Gasteiger partial charge in [-0.2, -0.15) is 0 Å². The summed E-state index contributed by atoms with van der Waals surface area (Å²) in [5, 5.41) is 11.3. The Morgan fingerprint density at radius 1 is 1.28 bits per heavy atom. The zero-order chi connectivity index (χ0) is 18.8. The number of aliphatic hydroxyl groups is 1. The molecule has 5 nitrogen and oxygen atoms in total. The van der Waals surface area contributed by atoms with Crippen molar-refractivity contribution >= 4 is 11.8 Å². The first-order valence-electron chi connectivity index (χ1n) is 9.22. The lowest BCUT2D eigenvalue weighted by Gasteiger charge is -2.55. The summed E-state index contributed by atoms with van der Waals surface area (Å²) < 4.78 is 11.1. The molecule has 3 aliphatic rings. The van der Waals surface area contributed by atoms with Crippen LogP contribution in [-0.2, 0) is 19.1 Å². The van der Waals surface area contributed by atoms with Crippen LogP contribution in [0.1, 0.15) is 67.2 Å². The third-order valence-corrected chi connectivity index (χ3v) is 6.88. The summed E-state index contributed by atoms with van der Waals surface area (Å²) in [4.78, 5) is 24.9. The predicted molar refractivity (Wildman–Crippen MR) is 92.9 cm³/mol. The Balaban J connectivity index is 1.84. The summed E-state index contributed by atoms with van der Waals surface area (Å²) in [7, 11) is 0. The molecule has 0 unspecified atom stereocenters. The number of ketones is 1. The number of fused-ring (bicyclic) bond motifs is 1. The second-order valence-electron chi connectivity index (χ2n) is 9.01. The van der Waals surface area contributed by atoms with Crippen LogP contribution >= 0.6 is 0 Å². The fraction of sp³-hybridized carbons (Fsp3) is 0.800. The highest BCUT2D eigenvalue weighted by Gasteiger charge is 2.61. The topological polar surface area (TPSA) is 76.1 Å². The van der Waals surface area contributed by atoms with E-state index in [0.29, 0.717) is 19.3 Å². The number of esters is 1. The standard InChI is InChI=1S/C20H30O5/c1-11(2)13-9-15-18(4,10-14(13)21)8-7-16(19(15,5)23)24-17(22)20(6)12(3)25-20/h12,15-16,23H,7-10H2,1-6H3/t12-,15-,16+,18+,19-,20-/m0/s1. The first-order chi connectivity index (χ1) is 11.4. The summed E-state index contributed by atoms with van der Waals surface area (Å²) >= 11 is 0. The molecule has 0 spiro atoms. The van der Waals surface area contributed by atoms with Gasteiger partial charge in [0, 0.05) is 12.3 Å². The van der Waals surface area contributed by atoms with E-state index >= 15 is 0 Å². The second kappa shape index (κ2) is 5.65. The summed E-state index contributed by atoms with van der Waals surface area (Å²) in [6, 6.07) is 0. The molecule has 0 amide bonds. The van der Waals surface area contributed by atoms with Crippen molar-refractivity contribution in [3.63, 3.8) is 0 Å². The van der Waals surface area contributed by atoms with Crippen molar-refractivity contribution in [1.29, 1.82) is 0 Å². The highest BCUT2D eigenvalue weighted by Crippen LogP contribution is 2.55. The zero-order valence-electron chi connectivity index (χ0n) is 16.1. The number of epoxide rings is 1. The van der Waals surface area contributed by atoms with Crippen molar-refractivity contribution in [3.8, 4) is 0 Å². The van der Waals surface area contributed by atoms with Crippen molar-refractivity contribution < 1.29 is 24.2 Å². The van der Waals surface area contributed by atoms with Crippen LogP contribution in [0.3, 0.4) is 0 Å². The Labute approximate surface area is 149 Å². The predicted octanol–water partition coefficient (Wildman–Crippen LogP) is 2.94. The Morgan fingerprint density at radius 2 is 1.88 bits per heavy atom. The van der Waals surface area contributed by atoms with Gasteiger partial charge < -0.3 is 14.6 Å². The molecule has 5 heteroatoms. The number of carbonyl (C=O) groups excluding carboxylic acids is 2. The van der Waals surface area contributed by atoms with Gasteiger partial charge in [0.15, 0.2) is 11.4 Å². The van der Waals surface area contributed by atoms with Crippen LogP contribution in [0.5, 0.6) is 0 Å². The van der Waals surface area contributed by atoms with E-state index in [9.17, 15) is 14.7 Å². The minimum Gasteiger partial charge on any atom is -0.457 e. The molecule has 2 saturated carbocycles. The number of hydrogen-bond acceptors (Lipinski definition) is 5. The lowest BCUT2D eigenvalue weighted by molar-refractivity contribution is -0.202. The van der Waals surface area contributed by atoms with E-state index < -0.39 is 23.3 Å². The number of ether oxygens (including phenoxy) is 2. The molecule has 140 valence electrons. The van der Waals surface area contributed by atoms with Crippen molar-refractivity contribution in [2.75, 3.05) is 0 Å². The summed E-state index contributed by atoms with van der Waals surface area (Å²) in [6.07, 6.45) is 1.60. The molecule has 25 heavy (non-hydrogen) atoms. The normalized spacial score (nSPS) is 46.4. The number of Topliss-reactive ketones (excluding diaryl/α,β-unsaturated/α-hetero) is 1. The van der Waals surface area contributed by atoms with Gasteiger partial charge in [-0.05, 0) is 64.9 Å². The van der Waals surface area contributed by atoms with E-state index in [1.54, 1.807) is 13.8 Å². The maximum Gasteiger partial charge on any atom is 0.341 e. The molecule has 1 heterocycles. The van der Waals surface area contributed by atoms with Crippen molar-refractivity contribution in [1.82, 2.24) is 0 Å². The molecular weight excluding hydrogens is 320 g/mol. The molecule has 1 N–H and O–H groups in total. The number of rotatable bonds is 2. The van der Waals surface area contributed by atoms with Gasteiger partial charge in [-0.25, -0.2) is 4.79 Å². The SMILES string of the molecule is CC(C)=C1C[C@H]2[C@](C)(CC[C@@H](OC(=O)[C@@]3(C)O[C@H]3C)[C@@]2(C)O)CC1=O. The molecular formula is C20H30O5. The monoisotopic (exact) mass is 350 g/mol. The van der Waals surface area contributed by atoms with Crippen LogP contribution < -0.4 is 0 Å². The third kappa shape index (κ3) is 2.85. The highest BCUT2D eigenvalue weighted by atomic mass is 16.7. The second-order valence-corrected chi connectivity index (χ2v) is 9.01. The van der Waals surface area contributed by atoms with Gasteiger partial charge in [0.05, 0.1) is 6.10 Å². The molecule has 6 atom stereocenters. The lowest BCUT2D eigenvalue weighted by Crippen LogP contribution is -2.60. The smallest absolute Gasteiger partial charge is 0.341 e. The van der Waals surface area contributed by atoms with Crippen LogP contribution in [-0.4, -0.2) is 40.3 Å². The average molecular weight is 350 g/mol. The van der Waals surface area contributed by atoms with Crippen LogP contribution in [0.25, 0.3) is 0 Å². The fourth-order valence-corrected chi connectivity index (χ4v) is 4.77. The Bertz CT molecular complexity index is 644. The molecule has 1 saturated heterocycles. The number of hydrogen-bond donors (Lipinski definition) is 1. The van der Waals surface area contributed by atoms with E-state index in [-0.39, 0.29) is 23.2 Å². The third-order valence-electron chi connectivity index (χ3n) is 6.88. The van der Waals surface area contributed by atoms with E-state index in [1.807, 2.05) is 20.8 Å². The molecule has 0 bridgehead atoms. The highest BCUT2D eigenvalue weighted by molar-refractivity contribution is 5.97. The van der Waals surface area contributed by atoms with Gasteiger partial charge in [-0.3, -0.25) is 4.79 Å². The van der Waals surface area contributed by atoms with Crippen LogP contribution in [0.4, 0.5) is 0 Å². The number of carbonyl (C=O) groups is 2. The molecule has 0 aromatic carbocycles. The van der Waals surface area contributed by atoms with E-state index in [0.717, 1.165) is 17.6 Å². The first-order valence-corrected chi connectivity index (χ1v) is 9.22. The van der Waals surface area contributed by atoms with Gasteiger partial charge in [0.25, 0.3) is 0 Å². The van der Waals surface area contributed by atoms with E-state index in [2.05, 4.69) is 6.92 Å². The van der Waals surface area contributed by atoms with Gasteiger partial charge in [0.2, 0.25) is 0 Å². The summed E-state index contributed by atoms with van der Waals surface area (Å²) in [5.74, 6) is -0.319.